The van der Waals surface area contributed by atoms with E-state index in [-0.39, 0.29) is 0 Å². The maximum atomic E-state index is 7.26. The SMILES string of the molecule is C[Si](C)(C)CP(Cl)(Cl)(c1ccccc1)c1ccccc1. The number of halogens is 2. The van der Waals surface area contributed by atoms with Gasteiger partial charge in [-0.25, -0.2) is 0 Å². The average molecular weight is 343 g/mol. The van der Waals surface area contributed by atoms with E-state index in [9.17, 15) is 0 Å². The zero-order chi connectivity index (χ0) is 14.9. The van der Waals surface area contributed by atoms with Crippen molar-refractivity contribution in [1.82, 2.24) is 0 Å². The first kappa shape index (κ1) is 16.0. The molecule has 0 amide bonds. The van der Waals surface area contributed by atoms with Crippen LogP contribution in [0.2, 0.25) is 19.6 Å². The summed E-state index contributed by atoms with van der Waals surface area (Å²) in [5.74, 6) is 0.899. The molecular formula is C16H21Cl2PSi. The van der Waals surface area contributed by atoms with Gasteiger partial charge in [0, 0.05) is 0 Å². The van der Waals surface area contributed by atoms with Crippen molar-refractivity contribution < 1.29 is 0 Å². The molecule has 4 heteroatoms. The topological polar surface area (TPSA) is 0 Å². The third kappa shape index (κ3) is 3.28. The molecule has 0 bridgehead atoms. The molecule has 20 heavy (non-hydrogen) atoms. The van der Waals surface area contributed by atoms with Crippen LogP contribution in [0.25, 0.3) is 0 Å². The Balaban J connectivity index is 2.67. The number of hydrogen-bond acceptors (Lipinski definition) is 0. The van der Waals surface area contributed by atoms with Crippen molar-refractivity contribution in [3.05, 3.63) is 60.7 Å². The third-order valence-electron chi connectivity index (χ3n) is 3.28. The summed E-state index contributed by atoms with van der Waals surface area (Å²) in [6.45, 7) is 6.97. The minimum absolute atomic E-state index is 0.899. The van der Waals surface area contributed by atoms with E-state index >= 15 is 0 Å². The van der Waals surface area contributed by atoms with E-state index in [2.05, 4.69) is 43.9 Å². The van der Waals surface area contributed by atoms with Gasteiger partial charge >= 0.3 is 133 Å². The van der Waals surface area contributed by atoms with E-state index in [0.29, 0.717) is 0 Å². The summed E-state index contributed by atoms with van der Waals surface area (Å²) >= 11 is 14.5. The van der Waals surface area contributed by atoms with Gasteiger partial charge in [0.2, 0.25) is 0 Å². The molecule has 0 aliphatic carbocycles. The van der Waals surface area contributed by atoms with Crippen LogP contribution in [0.15, 0.2) is 60.7 Å². The van der Waals surface area contributed by atoms with Gasteiger partial charge in [-0.2, -0.15) is 0 Å². The standard InChI is InChI=1S/C16H21Cl2PSi/c1-20(2,3)14-19(17,18,15-10-6-4-7-11-15)16-12-8-5-9-13-16/h4-13H,14H2,1-3H3. The Labute approximate surface area is 132 Å². The van der Waals surface area contributed by atoms with Gasteiger partial charge in [-0.3, -0.25) is 0 Å². The Kier molecular flexibility index (Phi) is 4.38. The fraction of sp³-hybridized carbons (Fsp3) is 0.250. The van der Waals surface area contributed by atoms with E-state index < -0.39 is 13.4 Å². The molecule has 2 aromatic carbocycles. The summed E-state index contributed by atoms with van der Waals surface area (Å²) in [6.07, 6.45) is 0. The van der Waals surface area contributed by atoms with Crippen LogP contribution >= 0.6 is 27.8 Å². The number of hydrogen-bond donors (Lipinski definition) is 0. The van der Waals surface area contributed by atoms with Gasteiger partial charge in [0.1, 0.15) is 0 Å². The van der Waals surface area contributed by atoms with Crippen molar-refractivity contribution in [2.75, 3.05) is 5.79 Å². The van der Waals surface area contributed by atoms with Crippen molar-refractivity contribution in [3.63, 3.8) is 0 Å². The van der Waals surface area contributed by atoms with Crippen molar-refractivity contribution in [1.29, 1.82) is 0 Å². The van der Waals surface area contributed by atoms with Crippen LogP contribution in [-0.2, 0) is 0 Å². The van der Waals surface area contributed by atoms with Gasteiger partial charge in [-0.15, -0.1) is 0 Å². The molecule has 0 aliphatic heterocycles. The van der Waals surface area contributed by atoms with Gasteiger partial charge in [0.15, 0.2) is 0 Å². The Morgan fingerprint density at radius 1 is 0.750 bits per heavy atom. The minimum atomic E-state index is -3.12. The quantitative estimate of drug-likeness (QED) is 0.517. The average Bonchev–Trinajstić information content (AvgIpc) is 2.39. The van der Waals surface area contributed by atoms with E-state index in [4.69, 9.17) is 22.5 Å². The van der Waals surface area contributed by atoms with E-state index in [1.807, 2.05) is 36.4 Å². The molecule has 0 N–H and O–H groups in total. The summed E-state index contributed by atoms with van der Waals surface area (Å²) in [5, 5.41) is -0.965. The van der Waals surface area contributed by atoms with Gasteiger partial charge in [0.25, 0.3) is 0 Å². The second-order valence-electron chi connectivity index (χ2n) is 6.46. The van der Waals surface area contributed by atoms with Crippen LogP contribution in [0, 0.1) is 0 Å². The molecule has 0 aliphatic rings. The first-order chi connectivity index (χ1) is 9.21. The predicted octanol–water partition coefficient (Wildman–Crippen LogP) is 5.38. The van der Waals surface area contributed by atoms with E-state index in [1.165, 1.54) is 0 Å². The van der Waals surface area contributed by atoms with Gasteiger partial charge < -0.3 is 0 Å². The molecule has 0 saturated heterocycles. The summed E-state index contributed by atoms with van der Waals surface area (Å²) in [5.41, 5.74) is 0. The fourth-order valence-electron chi connectivity index (χ4n) is 2.61. The van der Waals surface area contributed by atoms with Crippen LogP contribution < -0.4 is 10.6 Å². The summed E-state index contributed by atoms with van der Waals surface area (Å²) in [4.78, 5) is 0. The Morgan fingerprint density at radius 3 is 1.40 bits per heavy atom. The second kappa shape index (κ2) is 5.46. The first-order valence-electron chi connectivity index (χ1n) is 6.78. The summed E-state index contributed by atoms with van der Waals surface area (Å²) in [6, 6.07) is 20.4. The molecule has 108 valence electrons. The molecule has 0 heterocycles. The van der Waals surface area contributed by atoms with Gasteiger partial charge in [-0.1, -0.05) is 0 Å². The first-order valence-corrected chi connectivity index (χ1v) is 14.7. The van der Waals surface area contributed by atoms with Crippen molar-refractivity contribution in [2.45, 2.75) is 19.6 Å². The molecule has 0 nitrogen and oxygen atoms in total. The van der Waals surface area contributed by atoms with Crippen LogP contribution in [0.3, 0.4) is 0 Å². The van der Waals surface area contributed by atoms with Crippen molar-refractivity contribution in [2.24, 2.45) is 0 Å². The zero-order valence-electron chi connectivity index (χ0n) is 12.2. The monoisotopic (exact) mass is 342 g/mol. The molecule has 0 saturated carbocycles. The molecule has 0 unspecified atom stereocenters. The molecule has 0 spiro atoms. The van der Waals surface area contributed by atoms with Crippen LogP contribution in [0.5, 0.6) is 0 Å². The number of rotatable bonds is 4. The Morgan fingerprint density at radius 2 is 1.10 bits per heavy atom. The van der Waals surface area contributed by atoms with Crippen molar-refractivity contribution in [3.8, 4) is 0 Å². The number of benzene rings is 2. The van der Waals surface area contributed by atoms with Crippen LogP contribution in [0.4, 0.5) is 0 Å². The van der Waals surface area contributed by atoms with Crippen LogP contribution in [0.1, 0.15) is 0 Å². The van der Waals surface area contributed by atoms with Gasteiger partial charge in [-0.05, 0) is 0 Å². The zero-order valence-corrected chi connectivity index (χ0v) is 15.6. The molecule has 0 atom stereocenters. The Bertz CT molecular complexity index is 533. The molecule has 0 fully saturated rings. The summed E-state index contributed by atoms with van der Waals surface area (Å²) in [7, 11) is -1.44. The molecule has 0 radical (unpaired) electrons. The van der Waals surface area contributed by atoms with E-state index in [1.54, 1.807) is 0 Å². The van der Waals surface area contributed by atoms with Crippen LogP contribution in [-0.4, -0.2) is 13.9 Å². The second-order valence-corrected chi connectivity index (χ2v) is 21.0. The molecule has 2 aromatic rings. The molecule has 0 aromatic heterocycles. The molecular weight excluding hydrogens is 322 g/mol. The Hall–Kier alpha value is -0.333. The van der Waals surface area contributed by atoms with Gasteiger partial charge in [0.05, 0.1) is 0 Å². The molecule has 2 rings (SSSR count). The fourth-order valence-corrected chi connectivity index (χ4v) is 20.3. The van der Waals surface area contributed by atoms with E-state index in [0.717, 1.165) is 16.4 Å². The van der Waals surface area contributed by atoms with Crippen molar-refractivity contribution >= 4 is 46.5 Å². The summed E-state index contributed by atoms with van der Waals surface area (Å²) < 4.78 is 0. The predicted molar refractivity (Wildman–Crippen MR) is 99.0 cm³/mol. The normalized spacial score (nSPS) is 14.6. The third-order valence-corrected chi connectivity index (χ3v) is 16.4. The maximum absolute atomic E-state index is 7.26.